The lowest BCUT2D eigenvalue weighted by Crippen LogP contribution is -2.28. The maximum absolute atomic E-state index is 12.1. The van der Waals surface area contributed by atoms with Crippen molar-refractivity contribution in [1.82, 2.24) is 0 Å². The van der Waals surface area contributed by atoms with Gasteiger partial charge < -0.3 is 28.8 Å². The zero-order chi connectivity index (χ0) is 22.1. The number of ether oxygens (including phenoxy) is 5. The van der Waals surface area contributed by atoms with Crippen molar-refractivity contribution in [2.75, 3.05) is 28.4 Å². The molecule has 0 aliphatic carbocycles. The monoisotopic (exact) mass is 416 g/mol. The molecule has 0 aliphatic heterocycles. The Kier molecular flexibility index (Phi) is 8.10. The van der Waals surface area contributed by atoms with Crippen LogP contribution in [-0.2, 0) is 20.7 Å². The van der Waals surface area contributed by atoms with E-state index in [1.54, 1.807) is 36.4 Å². The predicted molar refractivity (Wildman–Crippen MR) is 109 cm³/mol. The minimum atomic E-state index is -1.36. The third-order valence-corrected chi connectivity index (χ3v) is 4.22. The number of aliphatic carboxylic acids is 1. The quantitative estimate of drug-likeness (QED) is 0.466. The molecule has 2 rings (SSSR count). The SMILES string of the molecule is COc1ccc(/C=C/C(=O)OC(Cc2ccc(OC)c(OC)c2)C(=O)O)cc1OC. The number of esters is 1. The van der Waals surface area contributed by atoms with E-state index in [1.165, 1.54) is 34.5 Å². The van der Waals surface area contributed by atoms with Crippen molar-refractivity contribution < 1.29 is 38.4 Å². The van der Waals surface area contributed by atoms with E-state index in [2.05, 4.69) is 0 Å². The van der Waals surface area contributed by atoms with Crippen LogP contribution in [0.25, 0.3) is 6.08 Å². The average Bonchev–Trinajstić information content (AvgIpc) is 2.76. The van der Waals surface area contributed by atoms with Crippen molar-refractivity contribution in [2.24, 2.45) is 0 Å². The first-order chi connectivity index (χ1) is 14.4. The van der Waals surface area contributed by atoms with E-state index in [0.717, 1.165) is 6.08 Å². The highest BCUT2D eigenvalue weighted by molar-refractivity contribution is 5.89. The zero-order valence-corrected chi connectivity index (χ0v) is 17.2. The highest BCUT2D eigenvalue weighted by Gasteiger charge is 2.22. The minimum absolute atomic E-state index is 0.0222. The summed E-state index contributed by atoms with van der Waals surface area (Å²) in [4.78, 5) is 23.7. The fraction of sp³-hybridized carbons (Fsp3) is 0.273. The fourth-order valence-corrected chi connectivity index (χ4v) is 2.70. The summed E-state index contributed by atoms with van der Waals surface area (Å²) in [5.74, 6) is 0.0000653. The minimum Gasteiger partial charge on any atom is -0.493 e. The summed E-state index contributed by atoms with van der Waals surface area (Å²) in [6.45, 7) is 0. The largest absolute Gasteiger partial charge is 0.493 e. The number of carbonyl (C=O) groups excluding carboxylic acids is 1. The van der Waals surface area contributed by atoms with Gasteiger partial charge in [-0.05, 0) is 41.5 Å². The van der Waals surface area contributed by atoms with Crippen molar-refractivity contribution in [1.29, 1.82) is 0 Å². The molecule has 2 aromatic rings. The molecular formula is C22H24O8. The first kappa shape index (κ1) is 22.6. The lowest BCUT2D eigenvalue weighted by atomic mass is 10.1. The van der Waals surface area contributed by atoms with Gasteiger partial charge in [0.2, 0.25) is 6.10 Å². The van der Waals surface area contributed by atoms with Crippen molar-refractivity contribution in [3.8, 4) is 23.0 Å². The number of hydrogen-bond donors (Lipinski definition) is 1. The van der Waals surface area contributed by atoms with Crippen LogP contribution in [0.1, 0.15) is 11.1 Å². The number of carboxylic acid groups (broad SMARTS) is 1. The molecule has 0 fully saturated rings. The Morgan fingerprint density at radius 2 is 1.43 bits per heavy atom. The molecule has 30 heavy (non-hydrogen) atoms. The molecule has 1 N–H and O–H groups in total. The van der Waals surface area contributed by atoms with E-state index in [0.29, 0.717) is 34.1 Å². The predicted octanol–water partition coefficient (Wildman–Crippen LogP) is 2.97. The third-order valence-electron chi connectivity index (χ3n) is 4.22. The van der Waals surface area contributed by atoms with Gasteiger partial charge in [0, 0.05) is 12.5 Å². The molecule has 0 aromatic heterocycles. The number of rotatable bonds is 10. The smallest absolute Gasteiger partial charge is 0.345 e. The lowest BCUT2D eigenvalue weighted by Gasteiger charge is -2.14. The van der Waals surface area contributed by atoms with E-state index in [1.807, 2.05) is 0 Å². The van der Waals surface area contributed by atoms with E-state index in [4.69, 9.17) is 23.7 Å². The second-order valence-electron chi connectivity index (χ2n) is 6.10. The average molecular weight is 416 g/mol. The summed E-state index contributed by atoms with van der Waals surface area (Å²) in [6.07, 6.45) is 1.28. The molecule has 160 valence electrons. The lowest BCUT2D eigenvalue weighted by molar-refractivity contribution is -0.160. The van der Waals surface area contributed by atoms with Gasteiger partial charge in [-0.25, -0.2) is 9.59 Å². The Labute approximate surface area is 174 Å². The molecule has 0 bridgehead atoms. The van der Waals surface area contributed by atoms with Gasteiger partial charge in [-0.3, -0.25) is 0 Å². The van der Waals surface area contributed by atoms with Gasteiger partial charge >= 0.3 is 11.9 Å². The second-order valence-corrected chi connectivity index (χ2v) is 6.10. The van der Waals surface area contributed by atoms with Gasteiger partial charge in [-0.15, -0.1) is 0 Å². The van der Waals surface area contributed by atoms with Crippen molar-refractivity contribution in [3.05, 3.63) is 53.6 Å². The summed E-state index contributed by atoms with van der Waals surface area (Å²) in [5.41, 5.74) is 1.29. The standard InChI is InChI=1S/C22H24O8/c1-26-16-8-5-14(11-18(16)28-3)7-10-21(23)30-20(22(24)25)13-15-6-9-17(27-2)19(12-15)29-4/h5-12,20H,13H2,1-4H3,(H,24,25)/b10-7+. The van der Waals surface area contributed by atoms with Crippen LogP contribution in [0.5, 0.6) is 23.0 Å². The van der Waals surface area contributed by atoms with Crippen LogP contribution in [-0.4, -0.2) is 51.6 Å². The van der Waals surface area contributed by atoms with Crippen LogP contribution in [0.3, 0.4) is 0 Å². The third kappa shape index (κ3) is 5.91. The van der Waals surface area contributed by atoms with Crippen LogP contribution < -0.4 is 18.9 Å². The molecule has 2 aromatic carbocycles. The number of carboxylic acids is 1. The van der Waals surface area contributed by atoms with E-state index in [-0.39, 0.29) is 6.42 Å². The van der Waals surface area contributed by atoms with E-state index >= 15 is 0 Å². The molecule has 8 nitrogen and oxygen atoms in total. The first-order valence-electron chi connectivity index (χ1n) is 8.96. The summed E-state index contributed by atoms with van der Waals surface area (Å²) in [7, 11) is 6.01. The van der Waals surface area contributed by atoms with Crippen LogP contribution >= 0.6 is 0 Å². The summed E-state index contributed by atoms with van der Waals surface area (Å²) >= 11 is 0. The molecule has 0 saturated heterocycles. The van der Waals surface area contributed by atoms with Crippen molar-refractivity contribution in [2.45, 2.75) is 12.5 Å². The molecule has 0 heterocycles. The molecule has 1 unspecified atom stereocenters. The van der Waals surface area contributed by atoms with Gasteiger partial charge in [0.15, 0.2) is 23.0 Å². The van der Waals surface area contributed by atoms with Crippen LogP contribution in [0.4, 0.5) is 0 Å². The Balaban J connectivity index is 2.09. The number of methoxy groups -OCH3 is 4. The first-order valence-corrected chi connectivity index (χ1v) is 8.96. The Hall–Kier alpha value is -3.68. The van der Waals surface area contributed by atoms with Crippen LogP contribution in [0, 0.1) is 0 Å². The molecule has 0 saturated carbocycles. The number of hydrogen-bond acceptors (Lipinski definition) is 7. The normalized spacial score (nSPS) is 11.6. The molecule has 8 heteroatoms. The Morgan fingerprint density at radius 3 is 2.00 bits per heavy atom. The second kappa shape index (κ2) is 10.8. The van der Waals surface area contributed by atoms with Crippen LogP contribution in [0.15, 0.2) is 42.5 Å². The zero-order valence-electron chi connectivity index (χ0n) is 17.2. The molecule has 0 radical (unpaired) electrons. The highest BCUT2D eigenvalue weighted by atomic mass is 16.6. The highest BCUT2D eigenvalue weighted by Crippen LogP contribution is 2.29. The molecule has 0 aliphatic rings. The summed E-state index contributed by atoms with van der Waals surface area (Å²) in [6, 6.07) is 10.1. The Morgan fingerprint density at radius 1 is 0.867 bits per heavy atom. The number of benzene rings is 2. The molecule has 1 atom stereocenters. The molecule has 0 amide bonds. The number of carbonyl (C=O) groups is 2. The fourth-order valence-electron chi connectivity index (χ4n) is 2.70. The summed E-state index contributed by atoms with van der Waals surface area (Å²) < 4.78 is 25.9. The van der Waals surface area contributed by atoms with E-state index < -0.39 is 18.0 Å². The maximum Gasteiger partial charge on any atom is 0.345 e. The van der Waals surface area contributed by atoms with Crippen molar-refractivity contribution in [3.63, 3.8) is 0 Å². The van der Waals surface area contributed by atoms with Gasteiger partial charge in [0.05, 0.1) is 28.4 Å². The Bertz CT molecular complexity index is 919. The van der Waals surface area contributed by atoms with Gasteiger partial charge in [-0.1, -0.05) is 12.1 Å². The summed E-state index contributed by atoms with van der Waals surface area (Å²) in [5, 5.41) is 9.43. The van der Waals surface area contributed by atoms with Gasteiger partial charge in [0.1, 0.15) is 0 Å². The van der Waals surface area contributed by atoms with Crippen molar-refractivity contribution >= 4 is 18.0 Å². The van der Waals surface area contributed by atoms with Gasteiger partial charge in [0.25, 0.3) is 0 Å². The van der Waals surface area contributed by atoms with Crippen LogP contribution in [0.2, 0.25) is 0 Å². The van der Waals surface area contributed by atoms with E-state index in [9.17, 15) is 14.7 Å². The topological polar surface area (TPSA) is 101 Å². The van der Waals surface area contributed by atoms with Gasteiger partial charge in [-0.2, -0.15) is 0 Å². The molecular weight excluding hydrogens is 392 g/mol. The maximum atomic E-state index is 12.1. The molecule has 0 spiro atoms.